The number of nitrogens with zero attached hydrogens (tertiary/aromatic N) is 2. The maximum absolute atomic E-state index is 12.3. The number of aromatic nitrogens is 2. The van der Waals surface area contributed by atoms with Crippen molar-refractivity contribution in [2.24, 2.45) is 5.92 Å². The molecule has 3 rings (SSSR count). The summed E-state index contributed by atoms with van der Waals surface area (Å²) >= 11 is 0. The van der Waals surface area contributed by atoms with E-state index in [0.29, 0.717) is 23.4 Å². The highest BCUT2D eigenvalue weighted by atomic mass is 32.2. The van der Waals surface area contributed by atoms with Crippen LogP contribution in [0.15, 0.2) is 28.8 Å². The highest BCUT2D eigenvalue weighted by Crippen LogP contribution is 2.25. The van der Waals surface area contributed by atoms with E-state index >= 15 is 0 Å². The Bertz CT molecular complexity index is 630. The lowest BCUT2D eigenvalue weighted by molar-refractivity contribution is 0.383. The molecule has 0 amide bonds. The molecule has 0 N–H and O–H groups in total. The highest BCUT2D eigenvalue weighted by molar-refractivity contribution is 7.84. The van der Waals surface area contributed by atoms with Gasteiger partial charge in [-0.25, -0.2) is 0 Å². The van der Waals surface area contributed by atoms with Crippen LogP contribution in [0.1, 0.15) is 43.6 Å². The van der Waals surface area contributed by atoms with Crippen LogP contribution in [-0.2, 0) is 16.6 Å². The minimum atomic E-state index is -0.912. The van der Waals surface area contributed by atoms with Gasteiger partial charge in [0.1, 0.15) is 5.75 Å². The van der Waals surface area contributed by atoms with E-state index in [1.165, 1.54) is 37.7 Å². The lowest BCUT2D eigenvalue weighted by Crippen LogP contribution is -2.15. The molecule has 1 aliphatic carbocycles. The summed E-state index contributed by atoms with van der Waals surface area (Å²) in [7, 11) is -0.912. The molecule has 0 aliphatic heterocycles. The molecule has 1 aromatic carbocycles. The zero-order valence-corrected chi connectivity index (χ0v) is 13.8. The van der Waals surface area contributed by atoms with Crippen molar-refractivity contribution in [2.75, 3.05) is 5.75 Å². The Hall–Kier alpha value is -1.49. The van der Waals surface area contributed by atoms with Crippen molar-refractivity contribution in [3.8, 4) is 11.4 Å². The van der Waals surface area contributed by atoms with E-state index in [1.54, 1.807) is 0 Å². The summed E-state index contributed by atoms with van der Waals surface area (Å²) in [6.45, 7) is 2.04. The lowest BCUT2D eigenvalue weighted by atomic mass is 9.91. The maximum atomic E-state index is 12.3. The highest BCUT2D eigenvalue weighted by Gasteiger charge is 2.18. The van der Waals surface area contributed by atoms with Crippen molar-refractivity contribution in [1.82, 2.24) is 10.1 Å². The monoisotopic (exact) mass is 318 g/mol. The van der Waals surface area contributed by atoms with Crippen LogP contribution in [0, 0.1) is 12.8 Å². The third-order valence-electron chi connectivity index (χ3n) is 4.21. The molecule has 0 saturated heterocycles. The van der Waals surface area contributed by atoms with Crippen LogP contribution >= 0.6 is 0 Å². The normalized spacial score (nSPS) is 17.5. The molecule has 4 nitrogen and oxygen atoms in total. The Morgan fingerprint density at radius 2 is 1.91 bits per heavy atom. The molecule has 2 aromatic rings. The predicted octanol–water partition coefficient (Wildman–Crippen LogP) is 3.87. The van der Waals surface area contributed by atoms with Crippen molar-refractivity contribution in [2.45, 2.75) is 44.8 Å². The fourth-order valence-electron chi connectivity index (χ4n) is 2.95. The second-order valence-corrected chi connectivity index (χ2v) is 7.63. The quantitative estimate of drug-likeness (QED) is 0.839. The van der Waals surface area contributed by atoms with Crippen LogP contribution in [0.2, 0.25) is 0 Å². The van der Waals surface area contributed by atoms with Gasteiger partial charge in [0.05, 0.1) is 0 Å². The van der Waals surface area contributed by atoms with Gasteiger partial charge in [0, 0.05) is 22.1 Å². The van der Waals surface area contributed by atoms with Crippen LogP contribution in [0.5, 0.6) is 0 Å². The Kier molecular flexibility index (Phi) is 5.03. The third kappa shape index (κ3) is 4.03. The van der Waals surface area contributed by atoms with Crippen molar-refractivity contribution in [3.63, 3.8) is 0 Å². The molecule has 1 saturated carbocycles. The molecule has 0 radical (unpaired) electrons. The predicted molar refractivity (Wildman–Crippen MR) is 87.8 cm³/mol. The van der Waals surface area contributed by atoms with Gasteiger partial charge in [-0.05, 0) is 25.7 Å². The second kappa shape index (κ2) is 7.18. The lowest BCUT2D eigenvalue weighted by Gasteiger charge is -2.20. The van der Waals surface area contributed by atoms with Gasteiger partial charge in [-0.15, -0.1) is 0 Å². The number of rotatable bonds is 5. The first kappa shape index (κ1) is 15.4. The smallest absolute Gasteiger partial charge is 0.239 e. The molecule has 1 fully saturated rings. The zero-order chi connectivity index (χ0) is 15.4. The summed E-state index contributed by atoms with van der Waals surface area (Å²) in [6.07, 6.45) is 6.31. The number of hydrogen-bond acceptors (Lipinski definition) is 4. The maximum Gasteiger partial charge on any atom is 0.239 e. The molecule has 1 aromatic heterocycles. The zero-order valence-electron chi connectivity index (χ0n) is 13.0. The van der Waals surface area contributed by atoms with E-state index in [-0.39, 0.29) is 0 Å². The third-order valence-corrected chi connectivity index (χ3v) is 5.62. The fourth-order valence-corrected chi connectivity index (χ4v) is 4.32. The van der Waals surface area contributed by atoms with E-state index in [1.807, 2.05) is 31.2 Å². The molecule has 0 bridgehead atoms. The molecule has 0 spiro atoms. The number of hydrogen-bond donors (Lipinski definition) is 0. The topological polar surface area (TPSA) is 56.0 Å². The van der Waals surface area contributed by atoms with Crippen molar-refractivity contribution < 1.29 is 8.73 Å². The van der Waals surface area contributed by atoms with Crippen LogP contribution in [0.25, 0.3) is 11.4 Å². The van der Waals surface area contributed by atoms with E-state index in [9.17, 15) is 4.21 Å². The molecule has 1 aliphatic rings. The van der Waals surface area contributed by atoms with Gasteiger partial charge in [0.2, 0.25) is 11.7 Å². The van der Waals surface area contributed by atoms with Crippen molar-refractivity contribution >= 4 is 10.8 Å². The summed E-state index contributed by atoms with van der Waals surface area (Å²) in [5.74, 6) is 2.79. The van der Waals surface area contributed by atoms with E-state index in [0.717, 1.165) is 11.3 Å². The molecule has 0 unspecified atom stereocenters. The van der Waals surface area contributed by atoms with Crippen LogP contribution in [0.4, 0.5) is 0 Å². The Morgan fingerprint density at radius 1 is 1.18 bits per heavy atom. The molecular weight excluding hydrogens is 296 g/mol. The molecule has 118 valence electrons. The molecule has 22 heavy (non-hydrogen) atoms. The average Bonchev–Trinajstić information content (AvgIpc) is 2.97. The molecule has 5 heteroatoms. The standard InChI is InChI=1S/C17H22N2O2S/c1-13-7-9-15(10-8-13)17-18-16(21-19-17)12-22(20)11-14-5-3-2-4-6-14/h7-10,14H,2-6,11-12H2,1H3/t22-/m0/s1. The van der Waals surface area contributed by atoms with Gasteiger partial charge >= 0.3 is 0 Å². The minimum Gasteiger partial charge on any atom is -0.338 e. The Morgan fingerprint density at radius 3 is 2.64 bits per heavy atom. The van der Waals surface area contributed by atoms with Crippen molar-refractivity contribution in [3.05, 3.63) is 35.7 Å². The van der Waals surface area contributed by atoms with E-state index in [4.69, 9.17) is 4.52 Å². The summed E-state index contributed by atoms with van der Waals surface area (Å²) in [4.78, 5) is 4.37. The van der Waals surface area contributed by atoms with Crippen LogP contribution in [-0.4, -0.2) is 20.1 Å². The van der Waals surface area contributed by atoms with Gasteiger partial charge in [0.15, 0.2) is 0 Å². The van der Waals surface area contributed by atoms with Gasteiger partial charge in [-0.2, -0.15) is 4.98 Å². The second-order valence-electron chi connectivity index (χ2n) is 6.13. The Balaban J connectivity index is 1.59. The van der Waals surface area contributed by atoms with Gasteiger partial charge in [-0.1, -0.05) is 54.2 Å². The first-order valence-corrected chi connectivity index (χ1v) is 9.44. The van der Waals surface area contributed by atoms with Gasteiger partial charge in [0.25, 0.3) is 0 Å². The summed E-state index contributed by atoms with van der Waals surface area (Å²) < 4.78 is 17.5. The number of benzene rings is 1. The summed E-state index contributed by atoms with van der Waals surface area (Å²) in [5, 5.41) is 4.00. The minimum absolute atomic E-state index is 0.370. The number of aryl methyl sites for hydroxylation is 1. The molecule has 1 heterocycles. The summed E-state index contributed by atoms with van der Waals surface area (Å²) in [5.41, 5.74) is 2.12. The van der Waals surface area contributed by atoms with E-state index < -0.39 is 10.8 Å². The fraction of sp³-hybridized carbons (Fsp3) is 0.529. The average molecular weight is 318 g/mol. The van der Waals surface area contributed by atoms with E-state index in [2.05, 4.69) is 10.1 Å². The molecular formula is C17H22N2O2S. The van der Waals surface area contributed by atoms with Gasteiger partial charge < -0.3 is 4.52 Å². The SMILES string of the molecule is Cc1ccc(-c2noc(C[S@@](=O)CC3CCCCC3)n2)cc1. The first-order valence-electron chi connectivity index (χ1n) is 7.95. The van der Waals surface area contributed by atoms with Crippen LogP contribution in [0.3, 0.4) is 0 Å². The largest absolute Gasteiger partial charge is 0.338 e. The Labute approximate surface area is 133 Å². The first-order chi connectivity index (χ1) is 10.7. The van der Waals surface area contributed by atoms with Crippen molar-refractivity contribution in [1.29, 1.82) is 0 Å². The summed E-state index contributed by atoms with van der Waals surface area (Å²) in [6, 6.07) is 7.99. The van der Waals surface area contributed by atoms with Crippen LogP contribution < -0.4 is 0 Å². The molecule has 1 atom stereocenters. The van der Waals surface area contributed by atoms with Gasteiger partial charge in [-0.3, -0.25) is 4.21 Å².